The van der Waals surface area contributed by atoms with Gasteiger partial charge < -0.3 is 10.4 Å². The number of aromatic hydroxyl groups is 1. The van der Waals surface area contributed by atoms with E-state index in [1.54, 1.807) is 48.5 Å². The van der Waals surface area contributed by atoms with Crippen molar-refractivity contribution >= 4 is 62.1 Å². The number of phenols is 1. The van der Waals surface area contributed by atoms with Gasteiger partial charge in [-0.3, -0.25) is 4.79 Å². The summed E-state index contributed by atoms with van der Waals surface area (Å²) in [5.41, 5.74) is 1.26. The number of amides is 1. The molecule has 0 aromatic heterocycles. The lowest BCUT2D eigenvalue weighted by Crippen LogP contribution is -2.19. The summed E-state index contributed by atoms with van der Waals surface area (Å²) in [6, 6.07) is 12.0. The molecule has 0 atom stereocenters. The summed E-state index contributed by atoms with van der Waals surface area (Å²) in [4.78, 5) is 16.9. The van der Waals surface area contributed by atoms with Crippen molar-refractivity contribution in [2.24, 2.45) is 4.99 Å². The Balaban J connectivity index is 1.86. The molecule has 1 aliphatic heterocycles. The Morgan fingerprint density at radius 3 is 2.70 bits per heavy atom. The van der Waals surface area contributed by atoms with Crippen LogP contribution in [0.1, 0.15) is 5.56 Å². The highest BCUT2D eigenvalue weighted by atomic mass is 79.9. The first-order chi connectivity index (χ1) is 11.0. The van der Waals surface area contributed by atoms with Gasteiger partial charge in [-0.1, -0.05) is 27.5 Å². The van der Waals surface area contributed by atoms with Crippen molar-refractivity contribution in [1.82, 2.24) is 5.32 Å². The van der Waals surface area contributed by atoms with Crippen molar-refractivity contribution in [2.45, 2.75) is 0 Å². The Morgan fingerprint density at radius 2 is 1.96 bits per heavy atom. The molecule has 3 rings (SSSR count). The largest absolute Gasteiger partial charge is 0.507 e. The Bertz CT molecular complexity index is 834. The molecular formula is C16H10BrClN2O2S. The number of carbonyl (C=O) groups is 1. The van der Waals surface area contributed by atoms with Gasteiger partial charge >= 0.3 is 0 Å². The molecule has 2 aromatic rings. The number of thioether (sulfide) groups is 1. The van der Waals surface area contributed by atoms with Crippen molar-refractivity contribution < 1.29 is 9.90 Å². The molecule has 1 saturated heterocycles. The third kappa shape index (κ3) is 3.96. The number of benzene rings is 2. The molecule has 2 aromatic carbocycles. The Morgan fingerprint density at radius 1 is 1.22 bits per heavy atom. The number of amidine groups is 1. The first kappa shape index (κ1) is 16.1. The highest BCUT2D eigenvalue weighted by molar-refractivity contribution is 9.10. The molecule has 23 heavy (non-hydrogen) atoms. The summed E-state index contributed by atoms with van der Waals surface area (Å²) in [6.45, 7) is 0. The number of nitrogens with one attached hydrogen (secondary N) is 1. The minimum Gasteiger partial charge on any atom is -0.507 e. The van der Waals surface area contributed by atoms with Gasteiger partial charge in [0.15, 0.2) is 5.17 Å². The van der Waals surface area contributed by atoms with Gasteiger partial charge in [0, 0.05) is 15.1 Å². The standard InChI is InChI=1S/C16H10BrClN2O2S/c17-10-1-6-13(21)9(7-10)8-14-15(22)20-16(23-14)19-12-4-2-11(18)3-5-12/h1-8,21H,(H,19,20,22)/b14-8+. The van der Waals surface area contributed by atoms with E-state index >= 15 is 0 Å². The van der Waals surface area contributed by atoms with Crippen LogP contribution in [0.4, 0.5) is 5.69 Å². The fourth-order valence-corrected chi connectivity index (χ4v) is 3.23. The van der Waals surface area contributed by atoms with Crippen LogP contribution in [0.25, 0.3) is 6.08 Å². The monoisotopic (exact) mass is 408 g/mol. The zero-order chi connectivity index (χ0) is 16.4. The highest BCUT2D eigenvalue weighted by Gasteiger charge is 2.24. The molecule has 0 aliphatic carbocycles. The third-order valence-corrected chi connectivity index (χ3v) is 4.64. The number of phenolic OH excluding ortho intramolecular Hbond substituents is 1. The summed E-state index contributed by atoms with van der Waals surface area (Å²) >= 11 is 10.4. The third-order valence-electron chi connectivity index (χ3n) is 2.98. The number of nitrogens with zero attached hydrogens (tertiary/aromatic N) is 1. The van der Waals surface area contributed by atoms with E-state index in [9.17, 15) is 9.90 Å². The van der Waals surface area contributed by atoms with Crippen LogP contribution in [0.2, 0.25) is 5.02 Å². The van der Waals surface area contributed by atoms with Crippen molar-refractivity contribution in [2.75, 3.05) is 0 Å². The lowest BCUT2D eigenvalue weighted by atomic mass is 10.2. The van der Waals surface area contributed by atoms with Crippen molar-refractivity contribution in [1.29, 1.82) is 0 Å². The van der Waals surface area contributed by atoms with E-state index in [0.717, 1.165) is 4.47 Å². The number of carbonyl (C=O) groups excluding carboxylic acids is 1. The van der Waals surface area contributed by atoms with Gasteiger partial charge in [-0.05, 0) is 60.3 Å². The molecule has 4 nitrogen and oxygen atoms in total. The fraction of sp³-hybridized carbons (Fsp3) is 0. The first-order valence-corrected chi connectivity index (χ1v) is 8.54. The maximum absolute atomic E-state index is 12.0. The summed E-state index contributed by atoms with van der Waals surface area (Å²) in [5, 5.41) is 13.7. The predicted octanol–water partition coefficient (Wildman–Crippen LogP) is 4.70. The SMILES string of the molecule is O=C1NC(=Nc2ccc(Cl)cc2)S/C1=C/c1cc(Br)ccc1O. The summed E-state index contributed by atoms with van der Waals surface area (Å²) in [6.07, 6.45) is 1.63. The lowest BCUT2D eigenvalue weighted by molar-refractivity contribution is -0.115. The van der Waals surface area contributed by atoms with E-state index in [4.69, 9.17) is 11.6 Å². The van der Waals surface area contributed by atoms with E-state index < -0.39 is 0 Å². The van der Waals surface area contributed by atoms with Crippen molar-refractivity contribution in [3.8, 4) is 5.75 Å². The lowest BCUT2D eigenvalue weighted by Gasteiger charge is -2.00. The van der Waals surface area contributed by atoms with Crippen LogP contribution in [0, 0.1) is 0 Å². The van der Waals surface area contributed by atoms with Gasteiger partial charge in [-0.25, -0.2) is 4.99 Å². The molecular weight excluding hydrogens is 400 g/mol. The summed E-state index contributed by atoms with van der Waals surface area (Å²) in [7, 11) is 0. The molecule has 1 fully saturated rings. The van der Waals surface area contributed by atoms with Gasteiger partial charge in [-0.2, -0.15) is 0 Å². The van der Waals surface area contributed by atoms with Crippen molar-refractivity contribution in [3.05, 3.63) is 62.4 Å². The minimum absolute atomic E-state index is 0.109. The topological polar surface area (TPSA) is 61.7 Å². The second-order valence-electron chi connectivity index (χ2n) is 4.66. The second kappa shape index (κ2) is 6.78. The van der Waals surface area contributed by atoms with E-state index in [-0.39, 0.29) is 11.7 Å². The normalized spacial score (nSPS) is 17.7. The molecule has 7 heteroatoms. The molecule has 0 radical (unpaired) electrons. The molecule has 1 aliphatic rings. The van der Waals surface area contributed by atoms with Crippen LogP contribution in [-0.2, 0) is 4.79 Å². The second-order valence-corrected chi connectivity index (χ2v) is 7.04. The average molecular weight is 410 g/mol. The molecule has 1 amide bonds. The molecule has 116 valence electrons. The van der Waals surface area contributed by atoms with E-state index in [2.05, 4.69) is 26.2 Å². The van der Waals surface area contributed by atoms with Crippen LogP contribution < -0.4 is 5.32 Å². The number of hydrogen-bond acceptors (Lipinski definition) is 4. The van der Waals surface area contributed by atoms with Crippen LogP contribution >= 0.6 is 39.3 Å². The molecule has 0 saturated carbocycles. The molecule has 0 bridgehead atoms. The van der Waals surface area contributed by atoms with Crippen LogP contribution in [0.3, 0.4) is 0 Å². The minimum atomic E-state index is -0.248. The maximum atomic E-state index is 12.0. The maximum Gasteiger partial charge on any atom is 0.264 e. The molecule has 1 heterocycles. The van der Waals surface area contributed by atoms with Crippen LogP contribution in [-0.4, -0.2) is 16.2 Å². The smallest absolute Gasteiger partial charge is 0.264 e. The fourth-order valence-electron chi connectivity index (χ4n) is 1.90. The first-order valence-electron chi connectivity index (χ1n) is 6.55. The number of halogens is 2. The zero-order valence-electron chi connectivity index (χ0n) is 11.6. The van der Waals surface area contributed by atoms with Gasteiger partial charge in [0.1, 0.15) is 5.75 Å². The summed E-state index contributed by atoms with van der Waals surface area (Å²) < 4.78 is 0.820. The Labute approximate surface area is 150 Å². The number of hydrogen-bond donors (Lipinski definition) is 2. The number of aliphatic imine (C=N–C) groups is 1. The molecule has 0 spiro atoms. The van der Waals surface area contributed by atoms with Gasteiger partial charge in [-0.15, -0.1) is 0 Å². The van der Waals surface area contributed by atoms with Gasteiger partial charge in [0.2, 0.25) is 0 Å². The van der Waals surface area contributed by atoms with Crippen molar-refractivity contribution in [3.63, 3.8) is 0 Å². The Kier molecular flexibility index (Phi) is 4.75. The number of rotatable bonds is 2. The van der Waals surface area contributed by atoms with Crippen LogP contribution in [0.15, 0.2) is 56.8 Å². The van der Waals surface area contributed by atoms with Gasteiger partial charge in [0.05, 0.1) is 10.6 Å². The van der Waals surface area contributed by atoms with Crippen LogP contribution in [0.5, 0.6) is 5.75 Å². The predicted molar refractivity (Wildman–Crippen MR) is 98.1 cm³/mol. The summed E-state index contributed by atoms with van der Waals surface area (Å²) in [5.74, 6) is -0.140. The Hall–Kier alpha value is -1.76. The zero-order valence-corrected chi connectivity index (χ0v) is 14.7. The molecule has 2 N–H and O–H groups in total. The van der Waals surface area contributed by atoms with E-state index in [1.165, 1.54) is 11.8 Å². The van der Waals surface area contributed by atoms with E-state index in [1.807, 2.05) is 0 Å². The quantitative estimate of drug-likeness (QED) is 0.707. The highest BCUT2D eigenvalue weighted by Crippen LogP contribution is 2.31. The van der Waals surface area contributed by atoms with E-state index in [0.29, 0.717) is 26.3 Å². The molecule has 0 unspecified atom stereocenters. The van der Waals surface area contributed by atoms with Gasteiger partial charge in [0.25, 0.3) is 5.91 Å². The average Bonchev–Trinajstić information content (AvgIpc) is 2.85.